The first-order chi connectivity index (χ1) is 11.3. The van der Waals surface area contributed by atoms with Crippen molar-refractivity contribution >= 4 is 23.6 Å². The first-order valence-corrected chi connectivity index (χ1v) is 8.85. The van der Waals surface area contributed by atoms with Gasteiger partial charge in [0, 0.05) is 17.7 Å². The lowest BCUT2D eigenvalue weighted by Gasteiger charge is -2.47. The van der Waals surface area contributed by atoms with Crippen LogP contribution in [-0.4, -0.2) is 39.8 Å². The van der Waals surface area contributed by atoms with E-state index in [1.54, 1.807) is 6.92 Å². The minimum Gasteiger partial charge on any atom is -0.543 e. The molecule has 1 N–H and O–H groups in total. The summed E-state index contributed by atoms with van der Waals surface area (Å²) in [7, 11) is 1.92. The summed E-state index contributed by atoms with van der Waals surface area (Å²) >= 11 is 1.53. The molecule has 24 heavy (non-hydrogen) atoms. The van der Waals surface area contributed by atoms with Gasteiger partial charge in [0.15, 0.2) is 12.4 Å². The molecule has 1 fully saturated rings. The lowest BCUT2D eigenvalue weighted by atomic mass is 9.78. The van der Waals surface area contributed by atoms with Gasteiger partial charge in [0.2, 0.25) is 5.91 Å². The molecule has 1 aromatic rings. The van der Waals surface area contributed by atoms with E-state index >= 15 is 0 Å². The summed E-state index contributed by atoms with van der Waals surface area (Å²) < 4.78 is 1.93. The molecule has 0 saturated carbocycles. The van der Waals surface area contributed by atoms with Gasteiger partial charge >= 0.3 is 0 Å². The minimum absolute atomic E-state index is 0.0118. The van der Waals surface area contributed by atoms with Crippen LogP contribution >= 0.6 is 11.8 Å². The second-order valence-corrected chi connectivity index (χ2v) is 7.46. The summed E-state index contributed by atoms with van der Waals surface area (Å²) in [6.07, 6.45) is 3.10. The third-order valence-electron chi connectivity index (χ3n) is 4.82. The molecule has 2 aliphatic rings. The van der Waals surface area contributed by atoms with Gasteiger partial charge in [-0.15, -0.1) is 11.8 Å². The van der Waals surface area contributed by atoms with Crippen LogP contribution in [0.5, 0.6) is 0 Å². The number of carbonyl (C=O) groups excluding carboxylic acids is 2. The van der Waals surface area contributed by atoms with E-state index < -0.39 is 18.0 Å². The number of amides is 1. The summed E-state index contributed by atoms with van der Waals surface area (Å²) in [5.41, 5.74) is 0.690. The highest BCUT2D eigenvalue weighted by molar-refractivity contribution is 7.99. The van der Waals surface area contributed by atoms with Crippen LogP contribution in [0, 0.1) is 11.8 Å². The minimum atomic E-state index is -1.32. The van der Waals surface area contributed by atoms with Crippen LogP contribution < -0.4 is 9.67 Å². The van der Waals surface area contributed by atoms with Crippen molar-refractivity contribution in [2.45, 2.75) is 30.9 Å². The van der Waals surface area contributed by atoms with Gasteiger partial charge in [-0.2, -0.15) is 0 Å². The molecule has 0 unspecified atom stereocenters. The van der Waals surface area contributed by atoms with Crippen molar-refractivity contribution in [2.24, 2.45) is 18.9 Å². The number of hydrogen-bond acceptors (Lipinski definition) is 5. The van der Waals surface area contributed by atoms with E-state index in [1.165, 1.54) is 16.7 Å². The molecule has 0 aromatic carbocycles. The van der Waals surface area contributed by atoms with Crippen molar-refractivity contribution in [3.05, 3.63) is 35.8 Å². The normalized spacial score (nSPS) is 27.1. The molecule has 0 aliphatic carbocycles. The number of aryl methyl sites for hydroxylation is 1. The van der Waals surface area contributed by atoms with Gasteiger partial charge in [0.25, 0.3) is 0 Å². The van der Waals surface area contributed by atoms with Crippen LogP contribution in [0.25, 0.3) is 0 Å². The summed E-state index contributed by atoms with van der Waals surface area (Å²) in [4.78, 5) is 26.2. The van der Waals surface area contributed by atoms with E-state index in [2.05, 4.69) is 0 Å². The largest absolute Gasteiger partial charge is 0.543 e. The molecule has 0 spiro atoms. The number of fused-ring (bicyclic) bond motifs is 1. The maximum absolute atomic E-state index is 12.2. The summed E-state index contributed by atoms with van der Waals surface area (Å²) in [6, 6.07) is 3.60. The maximum Gasteiger partial charge on any atom is 0.235 e. The molecule has 0 radical (unpaired) electrons. The number of nitrogens with zero attached hydrogens (tertiary/aromatic N) is 2. The average molecular weight is 348 g/mol. The highest BCUT2D eigenvalue weighted by atomic mass is 32.2. The van der Waals surface area contributed by atoms with E-state index in [0.29, 0.717) is 11.3 Å². The zero-order chi connectivity index (χ0) is 17.6. The number of rotatable bonds is 5. The third kappa shape index (κ3) is 2.61. The van der Waals surface area contributed by atoms with E-state index in [4.69, 9.17) is 0 Å². The topological polar surface area (TPSA) is 84.5 Å². The fraction of sp³-hybridized carbons (Fsp3) is 0.471. The Morgan fingerprint density at radius 2 is 2.25 bits per heavy atom. The molecule has 1 amide bonds. The van der Waals surface area contributed by atoms with Crippen LogP contribution in [0.2, 0.25) is 0 Å². The van der Waals surface area contributed by atoms with E-state index in [-0.39, 0.29) is 23.6 Å². The highest BCUT2D eigenvalue weighted by Gasteiger charge is 2.58. The maximum atomic E-state index is 12.2. The van der Waals surface area contributed by atoms with E-state index in [9.17, 15) is 19.8 Å². The van der Waals surface area contributed by atoms with Crippen LogP contribution in [0.1, 0.15) is 13.8 Å². The van der Waals surface area contributed by atoms with Gasteiger partial charge in [0.05, 0.1) is 34.6 Å². The van der Waals surface area contributed by atoms with Crippen molar-refractivity contribution in [1.82, 2.24) is 4.90 Å². The van der Waals surface area contributed by atoms with Crippen molar-refractivity contribution < 1.29 is 24.4 Å². The van der Waals surface area contributed by atoms with Crippen LogP contribution in [0.15, 0.2) is 40.7 Å². The Morgan fingerprint density at radius 3 is 2.83 bits per heavy atom. The number of β-lactam (4-membered cyclic amide) rings is 1. The lowest BCUT2D eigenvalue weighted by molar-refractivity contribution is -0.673. The van der Waals surface area contributed by atoms with Gasteiger partial charge in [-0.05, 0) is 18.6 Å². The van der Waals surface area contributed by atoms with Gasteiger partial charge in [-0.25, -0.2) is 4.57 Å². The average Bonchev–Trinajstić information content (AvgIpc) is 2.74. The molecular formula is C17H20N2O4S. The molecule has 3 rings (SSSR count). The molecule has 0 bridgehead atoms. The monoisotopic (exact) mass is 348 g/mol. The van der Waals surface area contributed by atoms with Gasteiger partial charge in [-0.1, -0.05) is 6.92 Å². The number of thioether (sulfide) groups is 1. The number of aliphatic hydroxyl groups is 1. The summed E-state index contributed by atoms with van der Waals surface area (Å²) in [6.45, 7) is 3.48. The van der Waals surface area contributed by atoms with E-state index in [1.807, 2.05) is 43.1 Å². The Hall–Kier alpha value is -1.86. The first-order valence-electron chi connectivity index (χ1n) is 7.86. The van der Waals surface area contributed by atoms with Crippen molar-refractivity contribution in [1.29, 1.82) is 0 Å². The molecule has 6 nitrogen and oxygen atoms in total. The SMILES string of the molecule is C[C@@H](O)[C@H]1C(=O)N2C(C(=O)[O-])=C(CSc3ccc[n+](C)c3)[C@H](C)[C@H]12. The van der Waals surface area contributed by atoms with Crippen molar-refractivity contribution in [3.63, 3.8) is 0 Å². The van der Waals surface area contributed by atoms with Gasteiger partial charge in [-0.3, -0.25) is 4.79 Å². The third-order valence-corrected chi connectivity index (χ3v) is 5.85. The first kappa shape index (κ1) is 17.0. The van der Waals surface area contributed by atoms with Gasteiger partial charge in [0.1, 0.15) is 7.05 Å². The molecule has 128 valence electrons. The fourth-order valence-corrected chi connectivity index (χ4v) is 4.77. The predicted molar refractivity (Wildman–Crippen MR) is 85.3 cm³/mol. The number of carboxylic acid groups (broad SMARTS) is 1. The van der Waals surface area contributed by atoms with Gasteiger partial charge < -0.3 is 19.9 Å². The molecule has 1 saturated heterocycles. The second kappa shape index (κ2) is 6.22. The number of carbonyl (C=O) groups is 2. The zero-order valence-electron chi connectivity index (χ0n) is 13.8. The van der Waals surface area contributed by atoms with E-state index in [0.717, 1.165) is 4.90 Å². The molecule has 1 aromatic heterocycles. The Kier molecular flexibility index (Phi) is 4.40. The Balaban J connectivity index is 1.85. The van der Waals surface area contributed by atoms with Crippen LogP contribution in [0.3, 0.4) is 0 Å². The number of pyridine rings is 1. The molecule has 2 aliphatic heterocycles. The zero-order valence-corrected chi connectivity index (χ0v) is 14.6. The van der Waals surface area contributed by atoms with Crippen LogP contribution in [-0.2, 0) is 16.6 Å². The number of aliphatic carboxylic acids is 1. The Labute approximate surface area is 144 Å². The number of carboxylic acids is 1. The molecular weight excluding hydrogens is 328 g/mol. The number of hydrogen-bond donors (Lipinski definition) is 1. The second-order valence-electron chi connectivity index (χ2n) is 6.41. The Morgan fingerprint density at radius 1 is 1.54 bits per heavy atom. The standard InChI is InChI=1S/C17H20N2O4S/c1-9-12(8-24-11-5-4-6-18(3)7-11)15(17(22)23)19-14(9)13(10(2)20)16(19)21/h4-7,9-10,13-14,20H,8H2,1-3H3/t9-,10+,13+,14+/m0/s1. The quantitative estimate of drug-likeness (QED) is 0.439. The number of aromatic nitrogens is 1. The fourth-order valence-electron chi connectivity index (χ4n) is 3.63. The van der Waals surface area contributed by atoms with Crippen molar-refractivity contribution in [3.8, 4) is 0 Å². The smallest absolute Gasteiger partial charge is 0.235 e. The molecule has 7 heteroatoms. The summed E-state index contributed by atoms with van der Waals surface area (Å²) in [5, 5.41) is 21.4. The summed E-state index contributed by atoms with van der Waals surface area (Å²) in [5.74, 6) is -1.82. The molecule has 4 atom stereocenters. The number of aliphatic hydroxyl groups excluding tert-OH is 1. The van der Waals surface area contributed by atoms with Crippen molar-refractivity contribution in [2.75, 3.05) is 5.75 Å². The molecule has 3 heterocycles. The van der Waals surface area contributed by atoms with Crippen LogP contribution in [0.4, 0.5) is 0 Å². The Bertz CT molecular complexity index is 731. The predicted octanol–water partition coefficient (Wildman–Crippen LogP) is -0.535. The lowest BCUT2D eigenvalue weighted by Crippen LogP contribution is -2.64. The highest BCUT2D eigenvalue weighted by Crippen LogP contribution is 2.47.